The van der Waals surface area contributed by atoms with E-state index in [2.05, 4.69) is 10.6 Å². The summed E-state index contributed by atoms with van der Waals surface area (Å²) in [5, 5.41) is 6.25. The molecule has 0 aromatic heterocycles. The van der Waals surface area contributed by atoms with Gasteiger partial charge in [0, 0.05) is 24.7 Å². The summed E-state index contributed by atoms with van der Waals surface area (Å²) in [6.45, 7) is 2.18. The molecule has 1 aromatic carbocycles. The molecule has 0 spiro atoms. The van der Waals surface area contributed by atoms with Gasteiger partial charge in [-0.25, -0.2) is 4.39 Å². The van der Waals surface area contributed by atoms with Crippen LogP contribution in [0.4, 0.5) is 10.1 Å². The van der Waals surface area contributed by atoms with Crippen LogP contribution in [0.5, 0.6) is 11.5 Å². The van der Waals surface area contributed by atoms with Gasteiger partial charge in [0.1, 0.15) is 12.7 Å². The minimum absolute atomic E-state index is 0.119. The van der Waals surface area contributed by atoms with Crippen molar-refractivity contribution in [3.63, 3.8) is 0 Å². The van der Waals surface area contributed by atoms with Crippen LogP contribution in [0.15, 0.2) is 6.07 Å². The molecule has 2 aliphatic heterocycles. The molecule has 150 valence electrons. The van der Waals surface area contributed by atoms with Gasteiger partial charge in [-0.2, -0.15) is 0 Å². The predicted octanol–water partition coefficient (Wildman–Crippen LogP) is 3.27. The molecule has 2 heterocycles. The zero-order valence-corrected chi connectivity index (χ0v) is 16.1. The summed E-state index contributed by atoms with van der Waals surface area (Å²) in [6.07, 6.45) is 8.57. The SMILES string of the molecule is O=C1Cc2c(c(F)cc3c2OC(CNCC24CC5CC(CC(C5)C2)C4)CO3)N1. The van der Waals surface area contributed by atoms with Gasteiger partial charge in [0.25, 0.3) is 0 Å². The van der Waals surface area contributed by atoms with Gasteiger partial charge < -0.3 is 20.1 Å². The Labute approximate surface area is 164 Å². The van der Waals surface area contributed by atoms with Crippen LogP contribution in [0.2, 0.25) is 0 Å². The zero-order chi connectivity index (χ0) is 18.9. The number of fused-ring (bicyclic) bond motifs is 3. The van der Waals surface area contributed by atoms with Gasteiger partial charge >= 0.3 is 0 Å². The number of halogens is 1. The Balaban J connectivity index is 1.12. The predicted molar refractivity (Wildman–Crippen MR) is 102 cm³/mol. The van der Waals surface area contributed by atoms with E-state index in [1.54, 1.807) is 0 Å². The fraction of sp³-hybridized carbons (Fsp3) is 0.682. The highest BCUT2D eigenvalue weighted by molar-refractivity contribution is 6.00. The number of hydrogen-bond acceptors (Lipinski definition) is 4. The zero-order valence-electron chi connectivity index (χ0n) is 16.1. The highest BCUT2D eigenvalue weighted by atomic mass is 19.1. The number of benzene rings is 1. The lowest BCUT2D eigenvalue weighted by atomic mass is 9.49. The number of hydrogen-bond donors (Lipinski definition) is 2. The van der Waals surface area contributed by atoms with E-state index in [-0.39, 0.29) is 24.1 Å². The van der Waals surface area contributed by atoms with Crippen molar-refractivity contribution in [2.75, 3.05) is 25.0 Å². The average molecular weight is 386 g/mol. The number of rotatable bonds is 4. The third-order valence-corrected chi connectivity index (χ3v) is 7.64. The van der Waals surface area contributed by atoms with Gasteiger partial charge in [0.05, 0.1) is 12.1 Å². The summed E-state index contributed by atoms with van der Waals surface area (Å²) >= 11 is 0. The smallest absolute Gasteiger partial charge is 0.229 e. The number of amides is 1. The highest BCUT2D eigenvalue weighted by Crippen LogP contribution is 2.59. The maximum Gasteiger partial charge on any atom is 0.229 e. The van der Waals surface area contributed by atoms with Crippen LogP contribution in [0.25, 0.3) is 0 Å². The van der Waals surface area contributed by atoms with E-state index in [9.17, 15) is 9.18 Å². The molecule has 7 rings (SSSR count). The maximum absolute atomic E-state index is 14.1. The van der Waals surface area contributed by atoms with Crippen molar-refractivity contribution in [2.24, 2.45) is 23.2 Å². The minimum Gasteiger partial charge on any atom is -0.486 e. The Hall–Kier alpha value is -1.82. The van der Waals surface area contributed by atoms with Crippen molar-refractivity contribution in [1.29, 1.82) is 0 Å². The van der Waals surface area contributed by atoms with E-state index in [0.717, 1.165) is 24.3 Å². The van der Waals surface area contributed by atoms with Crippen LogP contribution in [0.3, 0.4) is 0 Å². The van der Waals surface area contributed by atoms with Crippen LogP contribution in [-0.2, 0) is 11.2 Å². The molecule has 6 heteroatoms. The molecule has 2 N–H and O–H groups in total. The Morgan fingerprint density at radius 2 is 1.89 bits per heavy atom. The quantitative estimate of drug-likeness (QED) is 0.834. The maximum atomic E-state index is 14.1. The average Bonchev–Trinajstić information content (AvgIpc) is 3.03. The molecule has 1 unspecified atom stereocenters. The normalized spacial score (nSPS) is 37.1. The van der Waals surface area contributed by atoms with E-state index in [0.29, 0.717) is 35.6 Å². The molecule has 0 radical (unpaired) electrons. The molecular weight excluding hydrogens is 359 g/mol. The first-order chi connectivity index (χ1) is 13.6. The van der Waals surface area contributed by atoms with E-state index in [4.69, 9.17) is 9.47 Å². The van der Waals surface area contributed by atoms with E-state index < -0.39 is 5.82 Å². The van der Waals surface area contributed by atoms with E-state index in [1.807, 2.05) is 0 Å². The first-order valence-electron chi connectivity index (χ1n) is 10.7. The summed E-state index contributed by atoms with van der Waals surface area (Å²) in [5.74, 6) is 3.15. The Kier molecular flexibility index (Phi) is 3.71. The summed E-state index contributed by atoms with van der Waals surface area (Å²) in [5.41, 5.74) is 1.32. The molecule has 1 atom stereocenters. The minimum atomic E-state index is -0.457. The van der Waals surface area contributed by atoms with Crippen LogP contribution in [0.1, 0.15) is 44.1 Å². The summed E-state index contributed by atoms with van der Waals surface area (Å²) in [7, 11) is 0. The van der Waals surface area contributed by atoms with Crippen LogP contribution >= 0.6 is 0 Å². The number of carbonyl (C=O) groups is 1. The standard InChI is InChI=1S/C22H27FN2O3/c23-17-5-18-21(16-4-19(26)25-20(16)17)28-15(10-27-18)9-24-11-22-6-12-1-13(7-22)3-14(2-12)8-22/h5,12-15,24H,1-4,6-11H2,(H,25,26). The third kappa shape index (κ3) is 2.71. The fourth-order valence-electron chi connectivity index (χ4n) is 7.03. The summed E-state index contributed by atoms with van der Waals surface area (Å²) in [4.78, 5) is 11.7. The molecule has 4 fully saturated rings. The Morgan fingerprint density at radius 1 is 1.18 bits per heavy atom. The lowest BCUT2D eigenvalue weighted by molar-refractivity contribution is -0.115. The van der Waals surface area contributed by atoms with Gasteiger partial charge in [-0.1, -0.05) is 0 Å². The van der Waals surface area contributed by atoms with Crippen molar-refractivity contribution in [3.8, 4) is 11.5 Å². The molecular formula is C22H27FN2O3. The summed E-state index contributed by atoms with van der Waals surface area (Å²) < 4.78 is 26.1. The Bertz CT molecular complexity index is 804. The number of anilines is 1. The summed E-state index contributed by atoms with van der Waals surface area (Å²) in [6, 6.07) is 1.32. The topological polar surface area (TPSA) is 59.6 Å². The van der Waals surface area contributed by atoms with Crippen LogP contribution < -0.4 is 20.1 Å². The molecule has 4 saturated carbocycles. The van der Waals surface area contributed by atoms with Crippen molar-refractivity contribution in [1.82, 2.24) is 5.32 Å². The monoisotopic (exact) mass is 386 g/mol. The van der Waals surface area contributed by atoms with Crippen molar-refractivity contribution in [3.05, 3.63) is 17.4 Å². The Morgan fingerprint density at radius 3 is 2.61 bits per heavy atom. The largest absolute Gasteiger partial charge is 0.486 e. The molecule has 28 heavy (non-hydrogen) atoms. The molecule has 5 nitrogen and oxygen atoms in total. The number of nitrogens with one attached hydrogen (secondary N) is 2. The molecule has 6 aliphatic rings. The van der Waals surface area contributed by atoms with Gasteiger partial charge in [-0.05, 0) is 61.7 Å². The highest BCUT2D eigenvalue weighted by Gasteiger charge is 2.50. The van der Waals surface area contributed by atoms with Crippen molar-refractivity contribution in [2.45, 2.75) is 51.0 Å². The fourth-order valence-corrected chi connectivity index (χ4v) is 7.03. The van der Waals surface area contributed by atoms with Gasteiger partial charge in [0.15, 0.2) is 17.3 Å². The second-order valence-electron chi connectivity index (χ2n) is 9.86. The number of ether oxygens (including phenoxy) is 2. The number of carbonyl (C=O) groups excluding carboxylic acids is 1. The van der Waals surface area contributed by atoms with Gasteiger partial charge in [0.2, 0.25) is 5.91 Å². The van der Waals surface area contributed by atoms with Crippen LogP contribution in [-0.4, -0.2) is 31.7 Å². The molecule has 1 amide bonds. The lowest BCUT2D eigenvalue weighted by Gasteiger charge is -2.57. The first kappa shape index (κ1) is 17.1. The van der Waals surface area contributed by atoms with E-state index >= 15 is 0 Å². The molecule has 1 aromatic rings. The van der Waals surface area contributed by atoms with Gasteiger partial charge in [-0.15, -0.1) is 0 Å². The van der Waals surface area contributed by atoms with E-state index in [1.165, 1.54) is 44.6 Å². The van der Waals surface area contributed by atoms with Gasteiger partial charge in [-0.3, -0.25) is 4.79 Å². The van der Waals surface area contributed by atoms with Crippen LogP contribution in [0, 0.1) is 29.0 Å². The van der Waals surface area contributed by atoms with Crippen molar-refractivity contribution >= 4 is 11.6 Å². The lowest BCUT2D eigenvalue weighted by Crippen LogP contribution is -2.51. The third-order valence-electron chi connectivity index (χ3n) is 7.64. The van der Waals surface area contributed by atoms with Crippen molar-refractivity contribution < 1.29 is 18.7 Å². The molecule has 4 bridgehead atoms. The molecule has 4 aliphatic carbocycles. The molecule has 0 saturated heterocycles. The second-order valence-corrected chi connectivity index (χ2v) is 9.86. The second kappa shape index (κ2) is 6.09. The first-order valence-corrected chi connectivity index (χ1v) is 10.7.